The van der Waals surface area contributed by atoms with Crippen LogP contribution in [0.3, 0.4) is 0 Å². The lowest BCUT2D eigenvalue weighted by molar-refractivity contribution is -0.143. The minimum absolute atomic E-state index is 0.0294. The summed E-state index contributed by atoms with van der Waals surface area (Å²) in [6.07, 6.45) is 4.14. The number of rotatable bonds is 14. The van der Waals surface area contributed by atoms with Crippen LogP contribution in [0.15, 0.2) is 36.4 Å². The molecule has 0 aromatic heterocycles. The van der Waals surface area contributed by atoms with Gasteiger partial charge in [0.2, 0.25) is 5.82 Å². The normalized spacial score (nSPS) is 14.5. The third-order valence-electron chi connectivity index (χ3n) is 7.34. The van der Waals surface area contributed by atoms with Gasteiger partial charge in [-0.05, 0) is 74.1 Å². The number of nitrogens with one attached hydrogen (secondary N) is 1. The Morgan fingerprint density at radius 1 is 1.08 bits per heavy atom. The summed E-state index contributed by atoms with van der Waals surface area (Å²) in [5, 5.41) is 14.1. The molecule has 0 saturated heterocycles. The van der Waals surface area contributed by atoms with Gasteiger partial charge in [0.05, 0.1) is 6.61 Å². The van der Waals surface area contributed by atoms with Gasteiger partial charge in [-0.15, -0.1) is 0 Å². The predicted octanol–water partition coefficient (Wildman–Crippen LogP) is 5.15. The standard InChI is InChI=1S/C29H39F2NO4/c1-4-29(5-2,17-20-15-22-9-7-8-10-23(22)16-20)32-18-24(33)19-36-25-13-11-21(27(30)28(25)31)12-14-26(34)35-6-3/h7-11,13,20,24,32-33H,4-6,12,14-19H2,1-3H3/t24-/m1/s1. The maximum atomic E-state index is 14.5. The van der Waals surface area contributed by atoms with Crippen LogP contribution in [0, 0.1) is 17.6 Å². The molecule has 5 nitrogen and oxygen atoms in total. The van der Waals surface area contributed by atoms with E-state index in [0.29, 0.717) is 12.5 Å². The highest BCUT2D eigenvalue weighted by molar-refractivity contribution is 5.69. The van der Waals surface area contributed by atoms with E-state index in [1.807, 2.05) is 0 Å². The molecule has 0 amide bonds. The molecule has 0 saturated carbocycles. The van der Waals surface area contributed by atoms with Crippen LogP contribution in [0.25, 0.3) is 0 Å². The van der Waals surface area contributed by atoms with E-state index >= 15 is 0 Å². The summed E-state index contributed by atoms with van der Waals surface area (Å²) in [7, 11) is 0. The van der Waals surface area contributed by atoms with E-state index in [1.165, 1.54) is 23.3 Å². The first-order valence-electron chi connectivity index (χ1n) is 13.1. The Morgan fingerprint density at radius 2 is 1.75 bits per heavy atom. The average Bonchev–Trinajstić information content (AvgIpc) is 3.29. The van der Waals surface area contributed by atoms with Crippen LogP contribution in [-0.4, -0.2) is 42.5 Å². The van der Waals surface area contributed by atoms with E-state index in [9.17, 15) is 18.7 Å². The number of halogens is 2. The maximum absolute atomic E-state index is 14.5. The maximum Gasteiger partial charge on any atom is 0.306 e. The summed E-state index contributed by atoms with van der Waals surface area (Å²) in [6, 6.07) is 11.3. The van der Waals surface area contributed by atoms with E-state index in [-0.39, 0.29) is 42.9 Å². The Balaban J connectivity index is 1.50. The van der Waals surface area contributed by atoms with E-state index in [2.05, 4.69) is 43.4 Å². The van der Waals surface area contributed by atoms with Gasteiger partial charge in [-0.3, -0.25) is 4.79 Å². The van der Waals surface area contributed by atoms with Gasteiger partial charge in [-0.1, -0.05) is 44.2 Å². The molecule has 0 radical (unpaired) electrons. The summed E-state index contributed by atoms with van der Waals surface area (Å²) in [6.45, 7) is 6.37. The molecule has 2 N–H and O–H groups in total. The topological polar surface area (TPSA) is 67.8 Å². The van der Waals surface area contributed by atoms with Crippen molar-refractivity contribution in [2.45, 2.75) is 77.4 Å². The molecule has 0 fully saturated rings. The number of fused-ring (bicyclic) bond motifs is 1. The number of carbonyl (C=O) groups excluding carboxylic acids is 1. The highest BCUT2D eigenvalue weighted by Gasteiger charge is 2.32. The van der Waals surface area contributed by atoms with Crippen molar-refractivity contribution in [3.63, 3.8) is 0 Å². The van der Waals surface area contributed by atoms with Gasteiger partial charge in [-0.25, -0.2) is 4.39 Å². The minimum atomic E-state index is -1.12. The van der Waals surface area contributed by atoms with Crippen LogP contribution in [0.2, 0.25) is 0 Å². The number of benzene rings is 2. The lowest BCUT2D eigenvalue weighted by Crippen LogP contribution is -2.49. The van der Waals surface area contributed by atoms with Crippen molar-refractivity contribution < 1.29 is 28.2 Å². The Morgan fingerprint density at radius 3 is 2.36 bits per heavy atom. The van der Waals surface area contributed by atoms with Gasteiger partial charge in [0.25, 0.3) is 0 Å². The van der Waals surface area contributed by atoms with Crippen LogP contribution in [0.5, 0.6) is 5.75 Å². The summed E-state index contributed by atoms with van der Waals surface area (Å²) in [4.78, 5) is 11.5. The molecule has 3 rings (SSSR count). The quantitative estimate of drug-likeness (QED) is 0.349. The van der Waals surface area contributed by atoms with Gasteiger partial charge in [0.15, 0.2) is 11.6 Å². The number of aryl methyl sites for hydroxylation is 1. The zero-order valence-electron chi connectivity index (χ0n) is 21.6. The SMILES string of the molecule is CCOC(=O)CCc1ccc(OC[C@H](O)CNC(CC)(CC)CC2Cc3ccccc3C2)c(F)c1F. The molecule has 1 atom stereocenters. The van der Waals surface area contributed by atoms with Crippen molar-refractivity contribution in [3.8, 4) is 5.75 Å². The fourth-order valence-corrected chi connectivity index (χ4v) is 5.13. The molecule has 0 unspecified atom stereocenters. The predicted molar refractivity (Wildman–Crippen MR) is 136 cm³/mol. The van der Waals surface area contributed by atoms with Gasteiger partial charge in [-0.2, -0.15) is 4.39 Å². The number of esters is 1. The lowest BCUT2D eigenvalue weighted by atomic mass is 9.81. The molecule has 36 heavy (non-hydrogen) atoms. The largest absolute Gasteiger partial charge is 0.488 e. The Bertz CT molecular complexity index is 984. The first kappa shape index (κ1) is 28.1. The molecule has 0 aliphatic heterocycles. The molecule has 1 aliphatic carbocycles. The van der Waals surface area contributed by atoms with Crippen LogP contribution in [0.1, 0.15) is 63.1 Å². The highest BCUT2D eigenvalue weighted by Crippen LogP contribution is 2.34. The zero-order chi connectivity index (χ0) is 26.1. The van der Waals surface area contributed by atoms with Gasteiger partial charge >= 0.3 is 5.97 Å². The van der Waals surface area contributed by atoms with E-state index < -0.39 is 23.7 Å². The molecule has 7 heteroatoms. The third kappa shape index (κ3) is 7.26. The average molecular weight is 504 g/mol. The van der Waals surface area contributed by atoms with Crippen LogP contribution >= 0.6 is 0 Å². The van der Waals surface area contributed by atoms with Crippen LogP contribution in [-0.2, 0) is 28.8 Å². The number of β-amino-alcohol motifs (C(OH)–C–C–N with tert-alkyl or cyclic N) is 1. The lowest BCUT2D eigenvalue weighted by Gasteiger charge is -2.36. The molecule has 198 valence electrons. The fourth-order valence-electron chi connectivity index (χ4n) is 5.13. The number of hydrogen-bond donors (Lipinski definition) is 2. The Kier molecular flexibility index (Phi) is 10.3. The smallest absolute Gasteiger partial charge is 0.306 e. The number of aliphatic hydroxyl groups is 1. The molecule has 0 spiro atoms. The van der Waals surface area contributed by atoms with Gasteiger partial charge in [0.1, 0.15) is 12.7 Å². The number of aliphatic hydroxyl groups excluding tert-OH is 1. The first-order chi connectivity index (χ1) is 17.3. The summed E-state index contributed by atoms with van der Waals surface area (Å²) >= 11 is 0. The number of hydrogen-bond acceptors (Lipinski definition) is 5. The second-order valence-electron chi connectivity index (χ2n) is 9.74. The van der Waals surface area contributed by atoms with E-state index in [0.717, 1.165) is 32.1 Å². The molecule has 1 aliphatic rings. The molecule has 2 aromatic carbocycles. The monoisotopic (exact) mass is 503 g/mol. The van der Waals surface area contributed by atoms with E-state index in [1.54, 1.807) is 6.92 Å². The summed E-state index contributed by atoms with van der Waals surface area (Å²) < 4.78 is 39.2. The highest BCUT2D eigenvalue weighted by atomic mass is 19.2. The summed E-state index contributed by atoms with van der Waals surface area (Å²) in [5.41, 5.74) is 2.84. The summed E-state index contributed by atoms with van der Waals surface area (Å²) in [5.74, 6) is -2.32. The number of ether oxygens (including phenoxy) is 2. The third-order valence-corrected chi connectivity index (χ3v) is 7.34. The van der Waals surface area contributed by atoms with Crippen molar-refractivity contribution in [1.82, 2.24) is 5.32 Å². The van der Waals surface area contributed by atoms with Crippen LogP contribution in [0.4, 0.5) is 8.78 Å². The Labute approximate surface area is 213 Å². The van der Waals surface area contributed by atoms with Gasteiger partial charge in [0, 0.05) is 18.5 Å². The van der Waals surface area contributed by atoms with Crippen molar-refractivity contribution in [2.75, 3.05) is 19.8 Å². The molecular formula is C29H39F2NO4. The van der Waals surface area contributed by atoms with Crippen molar-refractivity contribution in [2.24, 2.45) is 5.92 Å². The molecule has 2 aromatic rings. The number of carbonyl (C=O) groups is 1. The van der Waals surface area contributed by atoms with Crippen LogP contribution < -0.4 is 10.1 Å². The second-order valence-corrected chi connectivity index (χ2v) is 9.74. The fraction of sp³-hybridized carbons (Fsp3) is 0.552. The van der Waals surface area contributed by atoms with E-state index in [4.69, 9.17) is 9.47 Å². The van der Waals surface area contributed by atoms with Crippen molar-refractivity contribution >= 4 is 5.97 Å². The van der Waals surface area contributed by atoms with Gasteiger partial charge < -0.3 is 19.9 Å². The second kappa shape index (κ2) is 13.2. The molecular weight excluding hydrogens is 464 g/mol. The minimum Gasteiger partial charge on any atom is -0.488 e. The zero-order valence-corrected chi connectivity index (χ0v) is 21.6. The molecule has 0 heterocycles. The van der Waals surface area contributed by atoms with Crippen molar-refractivity contribution in [3.05, 3.63) is 64.7 Å². The molecule has 0 bridgehead atoms. The van der Waals surface area contributed by atoms with Crippen molar-refractivity contribution in [1.29, 1.82) is 0 Å². The Hall–Kier alpha value is -2.51. The first-order valence-corrected chi connectivity index (χ1v) is 13.1.